The Balaban J connectivity index is 2.43. The molecule has 0 saturated heterocycles. The van der Waals surface area contributed by atoms with Gasteiger partial charge in [0.2, 0.25) is 0 Å². The van der Waals surface area contributed by atoms with E-state index < -0.39 is 6.10 Å². The lowest BCUT2D eigenvalue weighted by atomic mass is 10.3. The number of hydrogen-bond donors (Lipinski definition) is 1. The molecule has 1 heterocycles. The smallest absolute Gasteiger partial charge is 0.0942 e. The molecule has 0 saturated carbocycles. The van der Waals surface area contributed by atoms with Gasteiger partial charge in [-0.25, -0.2) is 4.98 Å². The van der Waals surface area contributed by atoms with E-state index in [1.165, 1.54) is 0 Å². The van der Waals surface area contributed by atoms with Gasteiger partial charge < -0.3 is 10.0 Å². The summed E-state index contributed by atoms with van der Waals surface area (Å²) in [5, 5.41) is 12.4. The highest BCUT2D eigenvalue weighted by atomic mass is 32.1. The average Bonchev–Trinajstić information content (AvgIpc) is 2.68. The molecule has 0 aliphatic heterocycles. The zero-order valence-electron chi connectivity index (χ0n) is 9.73. The predicted molar refractivity (Wildman–Crippen MR) is 64.2 cm³/mol. The molecule has 0 spiro atoms. The first-order valence-electron chi connectivity index (χ1n) is 5.52. The number of rotatable bonds is 6. The van der Waals surface area contributed by atoms with Crippen molar-refractivity contribution in [2.75, 3.05) is 19.6 Å². The molecule has 0 amide bonds. The van der Waals surface area contributed by atoms with Crippen molar-refractivity contribution in [2.24, 2.45) is 0 Å². The topological polar surface area (TPSA) is 36.4 Å². The summed E-state index contributed by atoms with van der Waals surface area (Å²) in [6.45, 7) is 9.33. The monoisotopic (exact) mass is 228 g/mol. The molecule has 0 fully saturated rings. The number of aliphatic hydroxyl groups is 1. The predicted octanol–water partition coefficient (Wildman–Crippen LogP) is 2.08. The van der Waals surface area contributed by atoms with Crippen LogP contribution in [0.4, 0.5) is 0 Å². The largest absolute Gasteiger partial charge is 0.387 e. The first-order chi connectivity index (χ1) is 7.17. The first-order valence-corrected chi connectivity index (χ1v) is 6.40. The second-order valence-electron chi connectivity index (χ2n) is 3.62. The number of aliphatic hydroxyl groups excluding tert-OH is 1. The van der Waals surface area contributed by atoms with Gasteiger partial charge in [-0.15, -0.1) is 11.3 Å². The van der Waals surface area contributed by atoms with Crippen LogP contribution in [-0.4, -0.2) is 34.6 Å². The van der Waals surface area contributed by atoms with Crippen LogP contribution < -0.4 is 0 Å². The maximum absolute atomic E-state index is 9.34. The lowest BCUT2D eigenvalue weighted by Gasteiger charge is -2.16. The molecular formula is C11H20N2OS. The minimum Gasteiger partial charge on any atom is -0.387 e. The van der Waals surface area contributed by atoms with Gasteiger partial charge in [-0.3, -0.25) is 0 Å². The summed E-state index contributed by atoms with van der Waals surface area (Å²) in [6, 6.07) is 0. The van der Waals surface area contributed by atoms with Gasteiger partial charge in [-0.1, -0.05) is 13.8 Å². The molecule has 4 heteroatoms. The van der Waals surface area contributed by atoms with E-state index in [9.17, 15) is 5.11 Å². The maximum atomic E-state index is 9.34. The number of aromatic nitrogens is 1. The Kier molecular flexibility index (Phi) is 5.22. The first kappa shape index (κ1) is 12.6. The summed E-state index contributed by atoms with van der Waals surface area (Å²) in [4.78, 5) is 6.77. The van der Waals surface area contributed by atoms with Gasteiger partial charge in [0.1, 0.15) is 0 Å². The SMILES string of the molecule is CCN(CC)CCc1nc(C(C)O)cs1. The molecule has 1 aromatic rings. The molecule has 1 unspecified atom stereocenters. The van der Waals surface area contributed by atoms with Crippen molar-refractivity contribution >= 4 is 11.3 Å². The van der Waals surface area contributed by atoms with Gasteiger partial charge in [-0.2, -0.15) is 0 Å². The molecule has 15 heavy (non-hydrogen) atoms. The van der Waals surface area contributed by atoms with Crippen molar-refractivity contribution in [3.05, 3.63) is 16.1 Å². The molecule has 0 aromatic carbocycles. The molecule has 0 aliphatic rings. The van der Waals surface area contributed by atoms with Crippen LogP contribution in [0.5, 0.6) is 0 Å². The summed E-state index contributed by atoms with van der Waals surface area (Å²) in [5.41, 5.74) is 0.801. The number of nitrogens with zero attached hydrogens (tertiary/aromatic N) is 2. The average molecular weight is 228 g/mol. The van der Waals surface area contributed by atoms with Gasteiger partial charge in [0.25, 0.3) is 0 Å². The van der Waals surface area contributed by atoms with Crippen molar-refractivity contribution in [1.29, 1.82) is 0 Å². The van der Waals surface area contributed by atoms with Crippen LogP contribution in [0.25, 0.3) is 0 Å². The van der Waals surface area contributed by atoms with E-state index in [-0.39, 0.29) is 0 Å². The molecule has 1 aromatic heterocycles. The lowest BCUT2D eigenvalue weighted by Crippen LogP contribution is -2.25. The minimum atomic E-state index is -0.441. The van der Waals surface area contributed by atoms with E-state index in [0.29, 0.717) is 0 Å². The molecule has 0 bridgehead atoms. The Morgan fingerprint density at radius 1 is 1.47 bits per heavy atom. The number of likely N-dealkylation sites (N-methyl/N-ethyl adjacent to an activating group) is 1. The summed E-state index contributed by atoms with van der Waals surface area (Å²) in [5.74, 6) is 0. The number of thiazole rings is 1. The van der Waals surface area contributed by atoms with Gasteiger partial charge in [0.15, 0.2) is 0 Å². The van der Waals surface area contributed by atoms with E-state index in [0.717, 1.165) is 36.8 Å². The fourth-order valence-electron chi connectivity index (χ4n) is 1.43. The summed E-state index contributed by atoms with van der Waals surface area (Å²) in [7, 11) is 0. The second kappa shape index (κ2) is 6.20. The van der Waals surface area contributed by atoms with Crippen molar-refractivity contribution < 1.29 is 5.11 Å². The van der Waals surface area contributed by atoms with E-state index >= 15 is 0 Å². The fraction of sp³-hybridized carbons (Fsp3) is 0.727. The summed E-state index contributed by atoms with van der Waals surface area (Å²) >= 11 is 1.64. The summed E-state index contributed by atoms with van der Waals surface area (Å²) in [6.07, 6.45) is 0.544. The molecule has 3 nitrogen and oxygen atoms in total. The zero-order valence-corrected chi connectivity index (χ0v) is 10.5. The van der Waals surface area contributed by atoms with Gasteiger partial charge in [0.05, 0.1) is 16.8 Å². The Hall–Kier alpha value is -0.450. The van der Waals surface area contributed by atoms with Crippen molar-refractivity contribution in [3.63, 3.8) is 0 Å². The van der Waals surface area contributed by atoms with Gasteiger partial charge >= 0.3 is 0 Å². The Morgan fingerprint density at radius 2 is 2.13 bits per heavy atom. The van der Waals surface area contributed by atoms with Crippen molar-refractivity contribution in [3.8, 4) is 0 Å². The van der Waals surface area contributed by atoms with Gasteiger partial charge in [0, 0.05) is 18.3 Å². The van der Waals surface area contributed by atoms with E-state index in [2.05, 4.69) is 23.7 Å². The molecule has 1 rings (SSSR count). The maximum Gasteiger partial charge on any atom is 0.0942 e. The van der Waals surface area contributed by atoms with Crippen LogP contribution in [0.15, 0.2) is 5.38 Å². The fourth-order valence-corrected chi connectivity index (χ4v) is 2.30. The number of hydrogen-bond acceptors (Lipinski definition) is 4. The van der Waals surface area contributed by atoms with Crippen LogP contribution in [0.3, 0.4) is 0 Å². The molecule has 1 atom stereocenters. The standard InChI is InChI=1S/C11H20N2OS/c1-4-13(5-2)7-6-11-12-10(8-15-11)9(3)14/h8-9,14H,4-7H2,1-3H3. The van der Waals surface area contributed by atoms with Crippen LogP contribution in [-0.2, 0) is 6.42 Å². The third-order valence-corrected chi connectivity index (χ3v) is 3.46. The second-order valence-corrected chi connectivity index (χ2v) is 4.56. The van der Waals surface area contributed by atoms with Crippen molar-refractivity contribution in [1.82, 2.24) is 9.88 Å². The van der Waals surface area contributed by atoms with Crippen LogP contribution in [0.1, 0.15) is 37.6 Å². The molecule has 1 N–H and O–H groups in total. The lowest BCUT2D eigenvalue weighted by molar-refractivity contribution is 0.195. The van der Waals surface area contributed by atoms with Crippen LogP contribution in [0.2, 0.25) is 0 Å². The van der Waals surface area contributed by atoms with Crippen LogP contribution in [0, 0.1) is 0 Å². The Labute approximate surface area is 95.8 Å². The van der Waals surface area contributed by atoms with Crippen molar-refractivity contribution in [2.45, 2.75) is 33.3 Å². The Bertz CT molecular complexity index is 282. The molecule has 0 radical (unpaired) electrons. The normalized spacial score (nSPS) is 13.4. The highest BCUT2D eigenvalue weighted by Gasteiger charge is 2.07. The Morgan fingerprint density at radius 3 is 2.60 bits per heavy atom. The molecule has 86 valence electrons. The van der Waals surface area contributed by atoms with Crippen LogP contribution >= 0.6 is 11.3 Å². The third kappa shape index (κ3) is 3.89. The highest BCUT2D eigenvalue weighted by molar-refractivity contribution is 7.09. The zero-order chi connectivity index (χ0) is 11.3. The van der Waals surface area contributed by atoms with E-state index in [4.69, 9.17) is 0 Å². The third-order valence-electron chi connectivity index (χ3n) is 2.53. The van der Waals surface area contributed by atoms with Gasteiger partial charge in [-0.05, 0) is 20.0 Å². The van der Waals surface area contributed by atoms with E-state index in [1.807, 2.05) is 5.38 Å². The molecule has 0 aliphatic carbocycles. The highest BCUT2D eigenvalue weighted by Crippen LogP contribution is 2.16. The van der Waals surface area contributed by atoms with E-state index in [1.54, 1.807) is 18.3 Å². The summed E-state index contributed by atoms with van der Waals surface area (Å²) < 4.78 is 0. The quantitative estimate of drug-likeness (QED) is 0.810. The molecular weight excluding hydrogens is 208 g/mol. The minimum absolute atomic E-state index is 0.441.